The topological polar surface area (TPSA) is 9.72 Å². The van der Waals surface area contributed by atoms with Crippen LogP contribution in [-0.4, -0.2) is 12.3 Å². The monoisotopic (exact) mass is 974 g/mol. The van der Waals surface area contributed by atoms with Gasteiger partial charge in [0.15, 0.2) is 0 Å². The van der Waals surface area contributed by atoms with Crippen LogP contribution in [0.4, 0.5) is 45.5 Å². The minimum Gasteiger partial charge on any atom is -0.334 e. The Kier molecular flexibility index (Phi) is 10.9. The van der Waals surface area contributed by atoms with Crippen molar-refractivity contribution in [2.75, 3.05) is 14.7 Å². The maximum absolute atomic E-state index is 2.81. The molecule has 0 saturated heterocycles. The number of nitrogens with zero attached hydrogens (tertiary/aromatic N) is 3. The van der Waals surface area contributed by atoms with Crippen molar-refractivity contribution < 1.29 is 0 Å². The Morgan fingerprint density at radius 1 is 0.413 bits per heavy atom. The second-order valence-corrected chi connectivity index (χ2v) is 24.6. The SMILES string of the molecule is Cc1ccccc1-c1ccc2c(c1)C1(C)CCCCC1(C)N2c1cc2c3c(c1)N(c1cccc(-c4ccccc4)c1)c1cc(-c4ccccc4)ccc1B3c1cc(C(C)(C)C)ccc1N2c1ccc(C(C)(C)C)cc1. The zero-order valence-electron chi connectivity index (χ0n) is 45.3. The molecule has 9 aromatic rings. The summed E-state index contributed by atoms with van der Waals surface area (Å²) in [5, 5.41) is 0. The Hall–Kier alpha value is -7.56. The van der Waals surface area contributed by atoms with Gasteiger partial charge in [0, 0.05) is 50.9 Å². The number of aryl methyl sites for hydroxylation is 1. The van der Waals surface area contributed by atoms with E-state index in [1.165, 1.54) is 125 Å². The van der Waals surface area contributed by atoms with E-state index in [1.807, 2.05) is 0 Å². The van der Waals surface area contributed by atoms with E-state index in [4.69, 9.17) is 0 Å². The summed E-state index contributed by atoms with van der Waals surface area (Å²) in [6.45, 7) is 21.4. The Morgan fingerprint density at radius 3 is 1.68 bits per heavy atom. The quantitative estimate of drug-likeness (QED) is 0.154. The molecule has 370 valence electrons. The molecular formula is C71H68BN3. The maximum Gasteiger partial charge on any atom is 0.252 e. The normalized spacial score (nSPS) is 18.5. The molecule has 4 aliphatic rings. The molecule has 3 nitrogen and oxygen atoms in total. The molecule has 0 amide bonds. The molecule has 1 fully saturated rings. The molecule has 2 atom stereocenters. The Labute approximate surface area is 446 Å². The van der Waals surface area contributed by atoms with Crippen LogP contribution in [0.2, 0.25) is 0 Å². The third kappa shape index (κ3) is 7.45. The molecule has 1 aliphatic carbocycles. The van der Waals surface area contributed by atoms with Gasteiger partial charge in [-0.25, -0.2) is 0 Å². The Morgan fingerprint density at radius 2 is 1.00 bits per heavy atom. The molecule has 3 aliphatic heterocycles. The summed E-state index contributed by atoms with van der Waals surface area (Å²) < 4.78 is 0. The summed E-state index contributed by atoms with van der Waals surface area (Å²) >= 11 is 0. The largest absolute Gasteiger partial charge is 0.334 e. The van der Waals surface area contributed by atoms with Crippen LogP contribution in [0.25, 0.3) is 33.4 Å². The molecule has 3 heterocycles. The van der Waals surface area contributed by atoms with E-state index in [-0.39, 0.29) is 28.5 Å². The lowest BCUT2D eigenvalue weighted by Crippen LogP contribution is -2.61. The van der Waals surface area contributed by atoms with E-state index >= 15 is 0 Å². The van der Waals surface area contributed by atoms with Gasteiger partial charge in [0.2, 0.25) is 0 Å². The summed E-state index contributed by atoms with van der Waals surface area (Å²) in [4.78, 5) is 8.06. The van der Waals surface area contributed by atoms with Gasteiger partial charge in [0.1, 0.15) is 0 Å². The second kappa shape index (κ2) is 17.2. The minimum atomic E-state index is -0.184. The van der Waals surface area contributed by atoms with Gasteiger partial charge in [-0.3, -0.25) is 0 Å². The van der Waals surface area contributed by atoms with Gasteiger partial charge in [0.05, 0.1) is 5.54 Å². The van der Waals surface area contributed by atoms with E-state index in [2.05, 4.69) is 277 Å². The molecule has 75 heavy (non-hydrogen) atoms. The molecule has 13 rings (SSSR count). The van der Waals surface area contributed by atoms with Crippen LogP contribution in [0.15, 0.2) is 200 Å². The first kappa shape index (κ1) is 47.2. The first-order valence-electron chi connectivity index (χ1n) is 27.5. The number of fused-ring (bicyclic) bond motifs is 7. The van der Waals surface area contributed by atoms with Crippen molar-refractivity contribution in [2.24, 2.45) is 0 Å². The fraction of sp³-hybridized carbons (Fsp3) is 0.239. The van der Waals surface area contributed by atoms with Crippen LogP contribution in [-0.2, 0) is 16.2 Å². The van der Waals surface area contributed by atoms with Gasteiger partial charge in [-0.1, -0.05) is 201 Å². The van der Waals surface area contributed by atoms with E-state index in [9.17, 15) is 0 Å². The smallest absolute Gasteiger partial charge is 0.252 e. The Bertz CT molecular complexity index is 3690. The molecule has 0 N–H and O–H groups in total. The van der Waals surface area contributed by atoms with Gasteiger partial charge >= 0.3 is 0 Å². The van der Waals surface area contributed by atoms with Gasteiger partial charge in [-0.2, -0.15) is 0 Å². The summed E-state index contributed by atoms with van der Waals surface area (Å²) in [6, 6.07) is 76.8. The number of anilines is 8. The van der Waals surface area contributed by atoms with Crippen LogP contribution in [0, 0.1) is 6.92 Å². The van der Waals surface area contributed by atoms with E-state index < -0.39 is 0 Å². The number of hydrogen-bond donors (Lipinski definition) is 0. The number of benzene rings is 9. The van der Waals surface area contributed by atoms with Crippen molar-refractivity contribution >= 4 is 68.6 Å². The van der Waals surface area contributed by atoms with E-state index in [1.54, 1.807) is 0 Å². The average Bonchev–Trinajstić information content (AvgIpc) is 3.79. The highest BCUT2D eigenvalue weighted by atomic mass is 15.3. The Balaban J connectivity index is 1.14. The van der Waals surface area contributed by atoms with Crippen LogP contribution < -0.4 is 31.1 Å². The lowest BCUT2D eigenvalue weighted by Gasteiger charge is -2.51. The standard InChI is InChI=1S/C71H68BN3/c1-47-21-16-17-28-58(47)52-30-37-62-59(42-52)70(8)39-18-19-40-71(70,9)75(62)57-45-65-67-66(46-57)74(56-27-20-26-50(41-56)48-22-12-10-13-23-48)64-43-51(49-24-14-11-15-25-49)29-36-60(64)72(67)61-44-54(69(5,6)7)33-38-63(61)73(65)55-34-31-53(32-35-55)68(2,3)4/h10-17,20-38,41-46H,18-19,39-40H2,1-9H3. The molecule has 0 bridgehead atoms. The fourth-order valence-corrected chi connectivity index (χ4v) is 13.7. The lowest BCUT2D eigenvalue weighted by atomic mass is 9.33. The molecule has 0 spiro atoms. The molecule has 0 aromatic heterocycles. The predicted octanol–water partition coefficient (Wildman–Crippen LogP) is 17.4. The minimum absolute atomic E-state index is 0.0194. The summed E-state index contributed by atoms with van der Waals surface area (Å²) in [6.07, 6.45) is 4.68. The molecular weight excluding hydrogens is 906 g/mol. The van der Waals surface area contributed by atoms with Gasteiger partial charge in [-0.05, 0) is 170 Å². The summed E-state index contributed by atoms with van der Waals surface area (Å²) in [7, 11) is 0. The van der Waals surface area contributed by atoms with Crippen molar-refractivity contribution in [3.05, 3.63) is 222 Å². The molecule has 0 radical (unpaired) electrons. The first-order valence-corrected chi connectivity index (χ1v) is 27.5. The van der Waals surface area contributed by atoms with Crippen molar-refractivity contribution in [1.29, 1.82) is 0 Å². The van der Waals surface area contributed by atoms with Gasteiger partial charge in [0.25, 0.3) is 6.71 Å². The highest BCUT2D eigenvalue weighted by molar-refractivity contribution is 7.00. The first-order chi connectivity index (χ1) is 36.1. The van der Waals surface area contributed by atoms with Crippen molar-refractivity contribution in [3.8, 4) is 33.4 Å². The zero-order chi connectivity index (χ0) is 51.6. The molecule has 4 heteroatoms. The molecule has 1 saturated carbocycles. The van der Waals surface area contributed by atoms with E-state index in [0.717, 1.165) is 18.5 Å². The highest BCUT2D eigenvalue weighted by Gasteiger charge is 2.58. The number of rotatable bonds is 6. The zero-order valence-corrected chi connectivity index (χ0v) is 45.3. The van der Waals surface area contributed by atoms with Crippen molar-refractivity contribution in [1.82, 2.24) is 0 Å². The third-order valence-electron chi connectivity index (χ3n) is 18.0. The molecule has 9 aromatic carbocycles. The lowest BCUT2D eigenvalue weighted by molar-refractivity contribution is 0.195. The van der Waals surface area contributed by atoms with Crippen LogP contribution in [0.3, 0.4) is 0 Å². The second-order valence-electron chi connectivity index (χ2n) is 24.6. The van der Waals surface area contributed by atoms with Gasteiger partial charge in [-0.15, -0.1) is 0 Å². The third-order valence-corrected chi connectivity index (χ3v) is 18.0. The van der Waals surface area contributed by atoms with Crippen LogP contribution in [0.5, 0.6) is 0 Å². The van der Waals surface area contributed by atoms with Crippen molar-refractivity contribution in [2.45, 2.75) is 110 Å². The number of hydrogen-bond acceptors (Lipinski definition) is 3. The van der Waals surface area contributed by atoms with Crippen molar-refractivity contribution in [3.63, 3.8) is 0 Å². The van der Waals surface area contributed by atoms with Crippen LogP contribution >= 0.6 is 0 Å². The maximum atomic E-state index is 2.81. The highest BCUT2D eigenvalue weighted by Crippen LogP contribution is 2.62. The van der Waals surface area contributed by atoms with Gasteiger partial charge < -0.3 is 14.7 Å². The summed E-state index contributed by atoms with van der Waals surface area (Å²) in [5.41, 5.74) is 26.4. The summed E-state index contributed by atoms with van der Waals surface area (Å²) in [5.74, 6) is 0. The fourth-order valence-electron chi connectivity index (χ4n) is 13.7. The molecule has 2 unspecified atom stereocenters. The average molecular weight is 974 g/mol. The van der Waals surface area contributed by atoms with E-state index in [0.29, 0.717) is 0 Å². The van der Waals surface area contributed by atoms with Crippen LogP contribution in [0.1, 0.15) is 103 Å². The predicted molar refractivity (Wildman–Crippen MR) is 322 cm³/mol.